The molecule has 238 valence electrons. The first-order valence-corrected chi connectivity index (χ1v) is 15.0. The standard InChI is InChI=1S/C31H36F3N9O2/c1-5-25(44)42-14-13-40(19-22(42)11-12-35)28-23-15-36-43(24-10-8-9-20(4)26(24)31(32,33)34)29(45)27(23)37-30(38-28)41-17-21(18-41)16-39(6-2)7-3/h5,8-10,15,21-22H,1,6-7,11,13-14,16-19H2,2-4H3/t22-/m0/s1. The maximum absolute atomic E-state index is 14.1. The van der Waals surface area contributed by atoms with Gasteiger partial charge in [-0.2, -0.15) is 33.2 Å². The summed E-state index contributed by atoms with van der Waals surface area (Å²) in [6.45, 7) is 14.1. The fourth-order valence-corrected chi connectivity index (χ4v) is 6.18. The van der Waals surface area contributed by atoms with Crippen LogP contribution in [0.1, 0.15) is 31.4 Å². The predicted molar refractivity (Wildman–Crippen MR) is 164 cm³/mol. The second kappa shape index (κ2) is 12.8. The fraction of sp³-hybridized carbons (Fsp3) is 0.484. The molecule has 3 aromatic rings. The first-order valence-electron chi connectivity index (χ1n) is 15.0. The van der Waals surface area contributed by atoms with Gasteiger partial charge in [0.1, 0.15) is 11.3 Å². The minimum Gasteiger partial charge on any atom is -0.352 e. The van der Waals surface area contributed by atoms with E-state index >= 15 is 0 Å². The predicted octanol–water partition coefficient (Wildman–Crippen LogP) is 3.40. The van der Waals surface area contributed by atoms with Gasteiger partial charge in [-0.05, 0) is 37.7 Å². The Balaban J connectivity index is 1.61. The molecule has 2 aliphatic rings. The normalized spacial score (nSPS) is 17.5. The number of aryl methyl sites for hydroxylation is 1. The van der Waals surface area contributed by atoms with Crippen molar-refractivity contribution in [1.29, 1.82) is 5.26 Å². The zero-order chi connectivity index (χ0) is 32.5. The minimum absolute atomic E-state index is 0.0341. The molecule has 0 bridgehead atoms. The highest BCUT2D eigenvalue weighted by Gasteiger charge is 2.37. The van der Waals surface area contributed by atoms with Gasteiger partial charge in [0.2, 0.25) is 11.9 Å². The number of carbonyl (C=O) groups excluding carboxylic acids is 1. The molecule has 1 amide bonds. The average Bonchev–Trinajstić information content (AvgIpc) is 2.99. The summed E-state index contributed by atoms with van der Waals surface area (Å²) in [5.74, 6) is 0.765. The summed E-state index contributed by atoms with van der Waals surface area (Å²) < 4.78 is 43.1. The molecule has 14 heteroatoms. The fourth-order valence-electron chi connectivity index (χ4n) is 6.18. The third-order valence-corrected chi connectivity index (χ3v) is 8.59. The first kappa shape index (κ1) is 31.9. The van der Waals surface area contributed by atoms with Crippen molar-refractivity contribution in [2.75, 3.05) is 62.2 Å². The third kappa shape index (κ3) is 6.22. The van der Waals surface area contributed by atoms with Gasteiger partial charge in [0.05, 0.1) is 41.4 Å². The Kier molecular flexibility index (Phi) is 9.11. The smallest absolute Gasteiger partial charge is 0.352 e. The van der Waals surface area contributed by atoms with Crippen LogP contribution in [0.5, 0.6) is 0 Å². The summed E-state index contributed by atoms with van der Waals surface area (Å²) >= 11 is 0. The summed E-state index contributed by atoms with van der Waals surface area (Å²) in [6, 6.07) is 5.68. The van der Waals surface area contributed by atoms with Gasteiger partial charge in [-0.15, -0.1) is 0 Å². The van der Waals surface area contributed by atoms with Crippen LogP contribution in [0.2, 0.25) is 0 Å². The molecule has 2 fully saturated rings. The monoisotopic (exact) mass is 623 g/mol. The molecule has 0 saturated carbocycles. The number of carbonyl (C=O) groups is 1. The Morgan fingerprint density at radius 2 is 1.89 bits per heavy atom. The van der Waals surface area contributed by atoms with Gasteiger partial charge in [-0.1, -0.05) is 32.6 Å². The van der Waals surface area contributed by atoms with Crippen LogP contribution in [0.15, 0.2) is 41.8 Å². The zero-order valence-corrected chi connectivity index (χ0v) is 25.6. The summed E-state index contributed by atoms with van der Waals surface area (Å²) in [7, 11) is 0. The number of nitrogens with zero attached hydrogens (tertiary/aromatic N) is 9. The van der Waals surface area contributed by atoms with Crippen molar-refractivity contribution in [3.8, 4) is 11.8 Å². The lowest BCUT2D eigenvalue weighted by atomic mass is 10.00. The second-order valence-corrected chi connectivity index (χ2v) is 11.4. The second-order valence-electron chi connectivity index (χ2n) is 11.4. The Bertz CT molecular complexity index is 1690. The number of fused-ring (bicyclic) bond motifs is 1. The Morgan fingerprint density at radius 3 is 2.53 bits per heavy atom. The van der Waals surface area contributed by atoms with E-state index in [9.17, 15) is 28.0 Å². The van der Waals surface area contributed by atoms with Crippen LogP contribution in [-0.4, -0.2) is 93.9 Å². The number of alkyl halides is 3. The van der Waals surface area contributed by atoms with E-state index in [0.717, 1.165) is 24.3 Å². The molecular weight excluding hydrogens is 587 g/mol. The van der Waals surface area contributed by atoms with Gasteiger partial charge in [-0.25, -0.2) is 4.98 Å². The summed E-state index contributed by atoms with van der Waals surface area (Å²) in [4.78, 5) is 43.7. The summed E-state index contributed by atoms with van der Waals surface area (Å²) in [6.07, 6.45) is -2.11. The van der Waals surface area contributed by atoms with Gasteiger partial charge in [0.15, 0.2) is 0 Å². The number of hydrogen-bond acceptors (Lipinski definition) is 9. The molecule has 0 spiro atoms. The number of anilines is 2. The van der Waals surface area contributed by atoms with Crippen LogP contribution in [-0.2, 0) is 11.0 Å². The minimum atomic E-state index is -4.71. The van der Waals surface area contributed by atoms with Crippen LogP contribution in [0.25, 0.3) is 16.6 Å². The van der Waals surface area contributed by atoms with Gasteiger partial charge < -0.3 is 19.6 Å². The number of benzene rings is 1. The number of rotatable bonds is 9. The van der Waals surface area contributed by atoms with Crippen LogP contribution < -0.4 is 15.4 Å². The van der Waals surface area contributed by atoms with E-state index in [-0.39, 0.29) is 47.6 Å². The number of nitriles is 1. The maximum Gasteiger partial charge on any atom is 0.418 e. The average molecular weight is 624 g/mol. The van der Waals surface area contributed by atoms with Gasteiger partial charge >= 0.3 is 6.18 Å². The van der Waals surface area contributed by atoms with Crippen LogP contribution >= 0.6 is 0 Å². The van der Waals surface area contributed by atoms with E-state index in [0.29, 0.717) is 37.3 Å². The highest BCUT2D eigenvalue weighted by atomic mass is 19.4. The molecule has 1 atom stereocenters. The summed E-state index contributed by atoms with van der Waals surface area (Å²) in [5.41, 5.74) is -2.23. The van der Waals surface area contributed by atoms with E-state index in [4.69, 9.17) is 4.98 Å². The zero-order valence-electron chi connectivity index (χ0n) is 25.6. The molecule has 5 rings (SSSR count). The van der Waals surface area contributed by atoms with Crippen molar-refractivity contribution >= 4 is 28.6 Å². The number of aromatic nitrogens is 4. The highest BCUT2D eigenvalue weighted by Crippen LogP contribution is 2.36. The Hall–Kier alpha value is -4.51. The maximum atomic E-state index is 14.1. The molecule has 45 heavy (non-hydrogen) atoms. The first-order chi connectivity index (χ1) is 21.5. The molecule has 4 heterocycles. The molecule has 2 aliphatic heterocycles. The number of amides is 1. The van der Waals surface area contributed by atoms with E-state index < -0.39 is 23.3 Å². The lowest BCUT2D eigenvalue weighted by Crippen LogP contribution is -2.55. The molecule has 0 aliphatic carbocycles. The van der Waals surface area contributed by atoms with Crippen LogP contribution in [0, 0.1) is 24.2 Å². The molecule has 1 aromatic carbocycles. The number of hydrogen-bond donors (Lipinski definition) is 0. The van der Waals surface area contributed by atoms with Crippen LogP contribution in [0.4, 0.5) is 24.9 Å². The molecule has 0 N–H and O–H groups in total. The molecule has 2 saturated heterocycles. The highest BCUT2D eigenvalue weighted by molar-refractivity contribution is 5.90. The molecule has 0 radical (unpaired) electrons. The summed E-state index contributed by atoms with van der Waals surface area (Å²) in [5, 5.41) is 13.9. The quantitative estimate of drug-likeness (QED) is 0.331. The van der Waals surface area contributed by atoms with Crippen molar-refractivity contribution in [2.45, 2.75) is 39.4 Å². The Morgan fingerprint density at radius 1 is 1.16 bits per heavy atom. The van der Waals surface area contributed by atoms with Gasteiger partial charge in [0, 0.05) is 45.2 Å². The lowest BCUT2D eigenvalue weighted by Gasteiger charge is -2.43. The van der Waals surface area contributed by atoms with Crippen molar-refractivity contribution in [3.63, 3.8) is 0 Å². The Labute approximate surface area is 259 Å². The third-order valence-electron chi connectivity index (χ3n) is 8.59. The molecule has 11 nitrogen and oxygen atoms in total. The topological polar surface area (TPSA) is 114 Å². The van der Waals surface area contributed by atoms with Crippen molar-refractivity contribution < 1.29 is 18.0 Å². The molecule has 0 unspecified atom stereocenters. The van der Waals surface area contributed by atoms with Crippen LogP contribution in [0.3, 0.4) is 0 Å². The molecule has 2 aromatic heterocycles. The van der Waals surface area contributed by atoms with Gasteiger partial charge in [-0.3, -0.25) is 9.59 Å². The van der Waals surface area contributed by atoms with Crippen molar-refractivity contribution in [3.05, 3.63) is 58.5 Å². The number of piperazine rings is 1. The molecular formula is C31H36F3N9O2. The van der Waals surface area contributed by atoms with Crippen molar-refractivity contribution in [1.82, 2.24) is 29.5 Å². The lowest BCUT2D eigenvalue weighted by molar-refractivity contribution is -0.138. The number of halogens is 3. The van der Waals surface area contributed by atoms with Crippen molar-refractivity contribution in [2.24, 2.45) is 5.92 Å². The van der Waals surface area contributed by atoms with E-state index in [1.165, 1.54) is 37.4 Å². The van der Waals surface area contributed by atoms with E-state index in [2.05, 4.69) is 41.5 Å². The SMILES string of the molecule is C=CC(=O)N1CCN(c2nc(N3CC(CN(CC)CC)C3)nc3c(=O)n(-c4cccc(C)c4C(F)(F)F)ncc23)C[C@@H]1CC#N. The largest absolute Gasteiger partial charge is 0.418 e. The van der Waals surface area contributed by atoms with E-state index in [1.54, 1.807) is 4.90 Å². The van der Waals surface area contributed by atoms with Gasteiger partial charge in [0.25, 0.3) is 5.56 Å². The van der Waals surface area contributed by atoms with E-state index in [1.807, 2.05) is 9.80 Å².